The molecular weight excluding hydrogens is 799 g/mol. The number of allylic oxidation sites excluding steroid dienone is 6. The number of benzene rings is 4. The molecule has 0 bridgehead atoms. The molecule has 0 amide bonds. The van der Waals surface area contributed by atoms with Gasteiger partial charge in [-0.25, -0.2) is 0 Å². The second-order valence-electron chi connectivity index (χ2n) is 20.8. The van der Waals surface area contributed by atoms with E-state index in [-0.39, 0.29) is 51.9 Å². The largest absolute Gasteiger partial charge is 1.00 e. The van der Waals surface area contributed by atoms with Gasteiger partial charge in [-0.15, -0.1) is 0 Å². The minimum absolute atomic E-state index is 0. The van der Waals surface area contributed by atoms with Gasteiger partial charge in [-0.2, -0.15) is 0 Å². The van der Waals surface area contributed by atoms with Crippen molar-refractivity contribution in [2.45, 2.75) is 122 Å². The number of fused-ring (bicyclic) bond motifs is 5. The summed E-state index contributed by atoms with van der Waals surface area (Å²) in [5.74, 6) is 0. The molecule has 0 aliphatic heterocycles. The Kier molecular flexibility index (Phi) is 11.1. The molecule has 290 valence electrons. The molecule has 0 spiro atoms. The summed E-state index contributed by atoms with van der Waals surface area (Å²) in [4.78, 5) is 0. The van der Waals surface area contributed by atoms with Gasteiger partial charge in [0.25, 0.3) is 0 Å². The number of rotatable bonds is 4. The summed E-state index contributed by atoms with van der Waals surface area (Å²) >= 11 is -2.97. The van der Waals surface area contributed by atoms with Gasteiger partial charge < -0.3 is 24.8 Å². The smallest absolute Gasteiger partial charge is 1.00 e. The van der Waals surface area contributed by atoms with Crippen LogP contribution in [0.1, 0.15) is 156 Å². The van der Waals surface area contributed by atoms with Gasteiger partial charge in [0.15, 0.2) is 0 Å². The zero-order valence-corrected chi connectivity index (χ0v) is 39.9. The Hall–Kier alpha value is -2.83. The first-order valence-electron chi connectivity index (χ1n) is 20.3. The van der Waals surface area contributed by atoms with E-state index in [0.29, 0.717) is 3.63 Å². The predicted octanol–water partition coefficient (Wildman–Crippen LogP) is 8.12. The molecule has 0 N–H and O–H groups in total. The maximum Gasteiger partial charge on any atom is -1.00 e. The Bertz CT molecular complexity index is 2230. The standard InChI is InChI=1S/C23H21.C21H26.C9H13.2ClH.Zr/c1-22(2)7-5-14-10-18-16(12-20(14)22)9-17-13-21-15(11-19(17)18)6-8-23(21,3)4;1-20(2,3)18-11-7-16(8-12-18)15-17-9-13-19(14-10-17)21(4,5)6;1-9(2,3)8-6-4-5-7-8;;;/h5-13H,1-4H3;7-14H,1-6H3;6-7H,4H2,1-3H3;2*1H;/q;;;;;+2/p-2. The molecule has 4 aliphatic carbocycles. The van der Waals surface area contributed by atoms with Crippen LogP contribution in [0.3, 0.4) is 0 Å². The first-order chi connectivity index (χ1) is 25.1. The van der Waals surface area contributed by atoms with Crippen molar-refractivity contribution in [2.75, 3.05) is 0 Å². The first-order valence-corrected chi connectivity index (χ1v) is 24.1. The average Bonchev–Trinajstić information content (AvgIpc) is 3.85. The summed E-state index contributed by atoms with van der Waals surface area (Å²) in [5, 5.41) is 0. The van der Waals surface area contributed by atoms with E-state index in [2.05, 4.69) is 199 Å². The fraction of sp³-hybridized carbons (Fsp3) is 0.377. The normalized spacial score (nSPS) is 17.1. The quantitative estimate of drug-likeness (QED) is 0.195. The zero-order chi connectivity index (χ0) is 38.7. The van der Waals surface area contributed by atoms with Crippen molar-refractivity contribution in [1.29, 1.82) is 0 Å². The summed E-state index contributed by atoms with van der Waals surface area (Å²) in [5.41, 5.74) is 19.2. The molecule has 0 saturated heterocycles. The molecule has 4 aromatic carbocycles. The summed E-state index contributed by atoms with van der Waals surface area (Å²) in [6, 6.07) is 30.0. The van der Waals surface area contributed by atoms with Gasteiger partial charge in [0, 0.05) is 0 Å². The van der Waals surface area contributed by atoms with Crippen molar-refractivity contribution in [3.8, 4) is 11.1 Å². The van der Waals surface area contributed by atoms with Gasteiger partial charge in [-0.3, -0.25) is 0 Å². The van der Waals surface area contributed by atoms with Crippen molar-refractivity contribution >= 4 is 15.4 Å². The van der Waals surface area contributed by atoms with Gasteiger partial charge in [-0.05, 0) is 0 Å². The third-order valence-corrected chi connectivity index (χ3v) is 21.1. The van der Waals surface area contributed by atoms with Gasteiger partial charge in [-0.1, -0.05) is 0 Å². The number of halogens is 2. The minimum Gasteiger partial charge on any atom is -1.00 e. The van der Waals surface area contributed by atoms with Gasteiger partial charge >= 0.3 is 336 Å². The van der Waals surface area contributed by atoms with Crippen LogP contribution in [-0.4, -0.2) is 3.21 Å². The van der Waals surface area contributed by atoms with E-state index in [1.807, 2.05) is 0 Å². The molecule has 4 aromatic rings. The SMILES string of the molecule is CC(C)(C)C1=CC[C]([Zr+2](=[C](c2ccc(C(C)(C)C)cc2)c2ccc(C(C)(C)C)cc2)[CH]2c3cc4c(cc3-c3cc5c(cc32)C(C)(C)C=C5)C=CC4(C)C)=C1.[Cl-].[Cl-]. The third kappa shape index (κ3) is 7.37. The second-order valence-corrected chi connectivity index (χ2v) is 27.1. The summed E-state index contributed by atoms with van der Waals surface area (Å²) in [6.07, 6.45) is 15.9. The molecule has 8 rings (SSSR count). The molecule has 0 aromatic heterocycles. The molecule has 0 unspecified atom stereocenters. The van der Waals surface area contributed by atoms with Crippen LogP contribution in [0.2, 0.25) is 0 Å². The van der Waals surface area contributed by atoms with Crippen LogP contribution in [0.15, 0.2) is 106 Å². The Balaban J connectivity index is 0.00000266. The van der Waals surface area contributed by atoms with Crippen molar-refractivity contribution in [3.63, 3.8) is 0 Å². The summed E-state index contributed by atoms with van der Waals surface area (Å²) in [7, 11) is 0. The van der Waals surface area contributed by atoms with Crippen LogP contribution >= 0.6 is 0 Å². The van der Waals surface area contributed by atoms with Gasteiger partial charge in [0.05, 0.1) is 0 Å². The van der Waals surface area contributed by atoms with Crippen molar-refractivity contribution in [2.24, 2.45) is 5.41 Å². The minimum atomic E-state index is -2.97. The molecule has 0 atom stereocenters. The van der Waals surface area contributed by atoms with E-state index in [9.17, 15) is 0 Å². The van der Waals surface area contributed by atoms with Crippen LogP contribution in [-0.2, 0) is 42.9 Å². The Morgan fingerprint density at radius 3 is 1.34 bits per heavy atom. The van der Waals surface area contributed by atoms with Crippen LogP contribution in [0, 0.1) is 5.41 Å². The Morgan fingerprint density at radius 2 is 0.982 bits per heavy atom. The molecular formula is C53H60Cl2Zr. The van der Waals surface area contributed by atoms with Crippen LogP contribution in [0.25, 0.3) is 23.3 Å². The molecule has 56 heavy (non-hydrogen) atoms. The summed E-state index contributed by atoms with van der Waals surface area (Å²) < 4.78 is 3.71. The monoisotopic (exact) mass is 856 g/mol. The molecule has 0 fully saturated rings. The van der Waals surface area contributed by atoms with Gasteiger partial charge in [0.1, 0.15) is 0 Å². The van der Waals surface area contributed by atoms with Crippen LogP contribution < -0.4 is 24.8 Å². The predicted molar refractivity (Wildman–Crippen MR) is 232 cm³/mol. The van der Waals surface area contributed by atoms with E-state index in [0.717, 1.165) is 6.42 Å². The number of hydrogen-bond donors (Lipinski definition) is 0. The fourth-order valence-corrected chi connectivity index (χ4v) is 18.4. The Morgan fingerprint density at radius 1 is 0.571 bits per heavy atom. The van der Waals surface area contributed by atoms with Crippen molar-refractivity contribution < 1.29 is 46.1 Å². The van der Waals surface area contributed by atoms with Crippen LogP contribution in [0.5, 0.6) is 0 Å². The third-order valence-electron chi connectivity index (χ3n) is 12.8. The molecule has 4 aliphatic rings. The maximum atomic E-state index is 2.68. The first kappa shape index (κ1) is 42.8. The molecule has 0 radical (unpaired) electrons. The number of hydrogen-bond acceptors (Lipinski definition) is 0. The van der Waals surface area contributed by atoms with Crippen LogP contribution in [0.4, 0.5) is 0 Å². The second kappa shape index (κ2) is 14.5. The van der Waals surface area contributed by atoms with E-state index >= 15 is 0 Å². The maximum absolute atomic E-state index is 2.97. The van der Waals surface area contributed by atoms with E-state index in [4.69, 9.17) is 0 Å². The summed E-state index contributed by atoms with van der Waals surface area (Å²) in [6.45, 7) is 30.7. The molecule has 0 heterocycles. The topological polar surface area (TPSA) is 0 Å². The molecule has 0 saturated carbocycles. The fourth-order valence-electron chi connectivity index (χ4n) is 9.33. The van der Waals surface area contributed by atoms with E-state index < -0.39 is 21.3 Å². The molecule has 3 heteroatoms. The van der Waals surface area contributed by atoms with E-state index in [1.54, 1.807) is 17.6 Å². The van der Waals surface area contributed by atoms with Crippen molar-refractivity contribution in [3.05, 3.63) is 162 Å². The zero-order valence-electron chi connectivity index (χ0n) is 35.9. The molecule has 0 nitrogen and oxygen atoms in total. The van der Waals surface area contributed by atoms with Crippen molar-refractivity contribution in [1.82, 2.24) is 0 Å². The Labute approximate surface area is 358 Å². The van der Waals surface area contributed by atoms with E-state index in [1.165, 1.54) is 61.2 Å². The van der Waals surface area contributed by atoms with Gasteiger partial charge in [0.2, 0.25) is 0 Å². The average molecular weight is 859 g/mol.